The van der Waals surface area contributed by atoms with E-state index in [0.29, 0.717) is 17.1 Å². The molecule has 0 spiro atoms. The molecule has 0 aliphatic carbocycles. The minimum atomic E-state index is -4.77. The van der Waals surface area contributed by atoms with Crippen molar-refractivity contribution >= 4 is 10.0 Å². The van der Waals surface area contributed by atoms with Crippen LogP contribution in [0.4, 0.5) is 13.2 Å². The summed E-state index contributed by atoms with van der Waals surface area (Å²) in [6.07, 6.45) is -6.39. The maximum atomic E-state index is 12.0. The molecule has 1 rings (SSSR count). The zero-order chi connectivity index (χ0) is 11.7. The van der Waals surface area contributed by atoms with E-state index in [1.165, 1.54) is 0 Å². The van der Waals surface area contributed by atoms with Crippen molar-refractivity contribution in [2.24, 2.45) is 0 Å². The van der Waals surface area contributed by atoms with Gasteiger partial charge in [-0.2, -0.15) is 17.5 Å². The Morgan fingerprint density at radius 1 is 1.33 bits per heavy atom. The number of nitrogens with zero attached hydrogens (tertiary/aromatic N) is 1. The molecular formula is C7H12F3NO3S. The average molecular weight is 247 g/mol. The van der Waals surface area contributed by atoms with E-state index in [2.05, 4.69) is 0 Å². The van der Waals surface area contributed by atoms with Gasteiger partial charge in [-0.05, 0) is 12.8 Å². The Morgan fingerprint density at radius 3 is 2.40 bits per heavy atom. The molecule has 1 saturated heterocycles. The lowest BCUT2D eigenvalue weighted by Gasteiger charge is -2.28. The Kier molecular flexibility index (Phi) is 3.62. The predicted molar refractivity (Wildman–Crippen MR) is 46.7 cm³/mol. The first kappa shape index (κ1) is 12.7. The molecule has 8 heteroatoms. The first-order valence-corrected chi connectivity index (χ1v) is 6.07. The Labute approximate surface area is 85.7 Å². The van der Waals surface area contributed by atoms with Crippen molar-refractivity contribution < 1.29 is 26.7 Å². The summed E-state index contributed by atoms with van der Waals surface area (Å²) in [5.41, 5.74) is 0. The molecule has 0 bridgehead atoms. The maximum absolute atomic E-state index is 12.0. The van der Waals surface area contributed by atoms with Crippen molar-refractivity contribution in [3.63, 3.8) is 0 Å². The summed E-state index contributed by atoms with van der Waals surface area (Å²) in [7, 11) is -3.61. The van der Waals surface area contributed by atoms with Gasteiger partial charge in [-0.15, -0.1) is 0 Å². The van der Waals surface area contributed by atoms with Gasteiger partial charge >= 0.3 is 6.18 Å². The quantitative estimate of drug-likeness (QED) is 0.765. The van der Waals surface area contributed by atoms with Crippen LogP contribution in [0.3, 0.4) is 0 Å². The molecular weight excluding hydrogens is 235 g/mol. The van der Waals surface area contributed by atoms with Gasteiger partial charge in [0.2, 0.25) is 10.0 Å². The number of aliphatic hydroxyl groups excluding tert-OH is 1. The molecule has 1 atom stereocenters. The molecule has 0 aromatic heterocycles. The van der Waals surface area contributed by atoms with Crippen LogP contribution in [0.15, 0.2) is 0 Å². The van der Waals surface area contributed by atoms with Crippen LogP contribution < -0.4 is 0 Å². The van der Waals surface area contributed by atoms with Crippen LogP contribution in [0, 0.1) is 0 Å². The fourth-order valence-corrected chi connectivity index (χ4v) is 2.94. The number of hydrogen-bond acceptors (Lipinski definition) is 3. The van der Waals surface area contributed by atoms with E-state index in [1.807, 2.05) is 0 Å². The molecule has 0 radical (unpaired) electrons. The molecule has 1 heterocycles. The van der Waals surface area contributed by atoms with Gasteiger partial charge in [0, 0.05) is 13.1 Å². The van der Waals surface area contributed by atoms with Gasteiger partial charge in [-0.3, -0.25) is 0 Å². The van der Waals surface area contributed by atoms with Crippen LogP contribution in [0.25, 0.3) is 0 Å². The highest BCUT2D eigenvalue weighted by molar-refractivity contribution is 7.89. The molecule has 1 unspecified atom stereocenters. The van der Waals surface area contributed by atoms with E-state index in [-0.39, 0.29) is 12.3 Å². The van der Waals surface area contributed by atoms with Gasteiger partial charge in [0.1, 0.15) is 0 Å². The van der Waals surface area contributed by atoms with Crippen molar-refractivity contribution in [2.75, 3.05) is 18.8 Å². The SMILES string of the molecule is O=S1(=O)CCCCN1CC(O)C(F)(F)F. The van der Waals surface area contributed by atoms with Crippen LogP contribution in [0.1, 0.15) is 12.8 Å². The summed E-state index contributed by atoms with van der Waals surface area (Å²) < 4.78 is 59.2. The standard InChI is InChI=1S/C7H12F3NO3S/c8-7(9,10)6(12)5-11-3-1-2-4-15(11,13)14/h6,12H,1-5H2. The van der Waals surface area contributed by atoms with Crippen molar-refractivity contribution in [1.29, 1.82) is 0 Å². The molecule has 0 amide bonds. The Hall–Kier alpha value is -0.340. The smallest absolute Gasteiger partial charge is 0.382 e. The molecule has 1 aliphatic rings. The van der Waals surface area contributed by atoms with Gasteiger partial charge < -0.3 is 5.11 Å². The predicted octanol–water partition coefficient (Wildman–Crippen LogP) is 0.335. The molecule has 90 valence electrons. The summed E-state index contributed by atoms with van der Waals surface area (Å²) >= 11 is 0. The van der Waals surface area contributed by atoms with Crippen molar-refractivity contribution in [1.82, 2.24) is 4.31 Å². The molecule has 4 nitrogen and oxygen atoms in total. The average Bonchev–Trinajstić information content (AvgIpc) is 2.06. The number of aliphatic hydroxyl groups is 1. The van der Waals surface area contributed by atoms with E-state index in [1.54, 1.807) is 0 Å². The number of halogens is 3. The zero-order valence-corrected chi connectivity index (χ0v) is 8.68. The van der Waals surface area contributed by atoms with Crippen LogP contribution in [-0.2, 0) is 10.0 Å². The highest BCUT2D eigenvalue weighted by Crippen LogP contribution is 2.23. The number of alkyl halides is 3. The molecule has 1 aliphatic heterocycles. The third-order valence-electron chi connectivity index (χ3n) is 2.21. The number of sulfonamides is 1. The Bertz CT molecular complexity index is 314. The number of β-amino-alcohol motifs (C(OH)–C–C–N with tert-alkyl or cyclic N) is 1. The van der Waals surface area contributed by atoms with Gasteiger partial charge in [0.15, 0.2) is 6.10 Å². The maximum Gasteiger partial charge on any atom is 0.415 e. The molecule has 1 N–H and O–H groups in total. The normalized spacial score (nSPS) is 25.1. The van der Waals surface area contributed by atoms with Crippen LogP contribution >= 0.6 is 0 Å². The van der Waals surface area contributed by atoms with Gasteiger partial charge in [-0.1, -0.05) is 0 Å². The van der Waals surface area contributed by atoms with Crippen LogP contribution in [0.5, 0.6) is 0 Å². The Morgan fingerprint density at radius 2 is 1.93 bits per heavy atom. The second kappa shape index (κ2) is 4.26. The third-order valence-corrected chi connectivity index (χ3v) is 4.13. The van der Waals surface area contributed by atoms with Gasteiger partial charge in [-0.25, -0.2) is 8.42 Å². The molecule has 15 heavy (non-hydrogen) atoms. The van der Waals surface area contributed by atoms with Crippen LogP contribution in [-0.4, -0.2) is 49.0 Å². The topological polar surface area (TPSA) is 57.6 Å². The van der Waals surface area contributed by atoms with Gasteiger partial charge in [0.25, 0.3) is 0 Å². The summed E-state index contributed by atoms with van der Waals surface area (Å²) in [4.78, 5) is 0. The highest BCUT2D eigenvalue weighted by Gasteiger charge is 2.41. The zero-order valence-electron chi connectivity index (χ0n) is 7.87. The van der Waals surface area contributed by atoms with Crippen molar-refractivity contribution in [2.45, 2.75) is 25.1 Å². The van der Waals surface area contributed by atoms with E-state index in [0.717, 1.165) is 0 Å². The summed E-state index contributed by atoms with van der Waals surface area (Å²) in [6.45, 7) is -0.846. The first-order valence-electron chi connectivity index (χ1n) is 4.46. The number of rotatable bonds is 2. The first-order chi connectivity index (χ1) is 6.73. The second-order valence-corrected chi connectivity index (χ2v) is 5.53. The van der Waals surface area contributed by atoms with E-state index in [4.69, 9.17) is 5.11 Å². The molecule has 0 saturated carbocycles. The summed E-state index contributed by atoms with van der Waals surface area (Å²) in [6, 6.07) is 0. The minimum Gasteiger partial charge on any atom is -0.382 e. The van der Waals surface area contributed by atoms with Gasteiger partial charge in [0.05, 0.1) is 5.75 Å². The van der Waals surface area contributed by atoms with Crippen LogP contribution in [0.2, 0.25) is 0 Å². The lowest BCUT2D eigenvalue weighted by molar-refractivity contribution is -0.205. The fourth-order valence-electron chi connectivity index (χ4n) is 1.34. The second-order valence-electron chi connectivity index (χ2n) is 3.44. The number of hydrogen-bond donors (Lipinski definition) is 1. The van der Waals surface area contributed by atoms with E-state index in [9.17, 15) is 21.6 Å². The van der Waals surface area contributed by atoms with E-state index >= 15 is 0 Å². The molecule has 0 aromatic carbocycles. The lowest BCUT2D eigenvalue weighted by Crippen LogP contribution is -2.46. The third kappa shape index (κ3) is 3.32. The summed E-state index contributed by atoms with van der Waals surface area (Å²) in [5, 5.41) is 8.74. The highest BCUT2D eigenvalue weighted by atomic mass is 32.2. The lowest BCUT2D eigenvalue weighted by atomic mass is 10.3. The van der Waals surface area contributed by atoms with E-state index < -0.39 is 28.8 Å². The molecule has 1 fully saturated rings. The molecule has 0 aromatic rings. The van der Waals surface area contributed by atoms with Crippen molar-refractivity contribution in [3.8, 4) is 0 Å². The van der Waals surface area contributed by atoms with Crippen molar-refractivity contribution in [3.05, 3.63) is 0 Å². The fraction of sp³-hybridized carbons (Fsp3) is 1.00. The minimum absolute atomic E-state index is 0.0511. The largest absolute Gasteiger partial charge is 0.415 e. The Balaban J connectivity index is 2.65. The monoisotopic (exact) mass is 247 g/mol. The summed E-state index contributed by atoms with van der Waals surface area (Å²) in [5.74, 6) is -0.141.